The van der Waals surface area contributed by atoms with E-state index < -0.39 is 6.10 Å². The van der Waals surface area contributed by atoms with Gasteiger partial charge in [0.05, 0.1) is 4.92 Å². The van der Waals surface area contributed by atoms with Gasteiger partial charge in [0.2, 0.25) is 0 Å². The first-order valence-electron chi connectivity index (χ1n) is 11.9. The van der Waals surface area contributed by atoms with Gasteiger partial charge in [-0.2, -0.15) is 0 Å². The molecule has 0 bridgehead atoms. The fraction of sp³-hybridized carbons (Fsp3) is 0.519. The highest BCUT2D eigenvalue weighted by Crippen LogP contribution is 2.41. The maximum Gasteiger partial charge on any atom is 0.272 e. The average molecular weight is 438 g/mol. The number of hydrogen-bond acceptors (Lipinski definition) is 4. The summed E-state index contributed by atoms with van der Waals surface area (Å²) in [6.45, 7) is 4.34. The Hall–Kier alpha value is -2.53. The van der Waals surface area contributed by atoms with Crippen LogP contribution in [0.4, 0.5) is 5.69 Å². The second kappa shape index (κ2) is 11.9. The van der Waals surface area contributed by atoms with E-state index in [1.54, 1.807) is 12.1 Å². The van der Waals surface area contributed by atoms with Crippen molar-refractivity contribution in [1.29, 1.82) is 0 Å². The lowest BCUT2D eigenvalue weighted by molar-refractivity contribution is -0.385. The van der Waals surface area contributed by atoms with E-state index in [-0.39, 0.29) is 16.7 Å². The molecule has 5 nitrogen and oxygen atoms in total. The van der Waals surface area contributed by atoms with Crippen molar-refractivity contribution in [3.05, 3.63) is 74.3 Å². The van der Waals surface area contributed by atoms with Gasteiger partial charge < -0.3 is 9.53 Å². The van der Waals surface area contributed by atoms with Gasteiger partial charge in [-0.1, -0.05) is 74.4 Å². The smallest absolute Gasteiger partial charge is 0.272 e. The van der Waals surface area contributed by atoms with Gasteiger partial charge in [0.15, 0.2) is 6.29 Å². The number of benzene rings is 2. The maximum absolute atomic E-state index is 11.4. The standard InChI is InChI=1S/C27H35NO4/c1-20-16-17-22(21(2)18-20)12-9-7-5-3-4-6-8-10-13-23-24(27-26(19-29)32-27)14-11-15-25(23)28(30)31/h11,14-19,26-27H,3-10,12-13H2,1-2H3. The summed E-state index contributed by atoms with van der Waals surface area (Å²) in [5, 5.41) is 11.4. The van der Waals surface area contributed by atoms with Crippen molar-refractivity contribution >= 4 is 12.0 Å². The molecule has 1 aliphatic heterocycles. The van der Waals surface area contributed by atoms with Gasteiger partial charge in [0.1, 0.15) is 12.2 Å². The number of rotatable bonds is 14. The molecule has 5 heteroatoms. The summed E-state index contributed by atoms with van der Waals surface area (Å²) in [6.07, 6.45) is 11.2. The topological polar surface area (TPSA) is 72.7 Å². The van der Waals surface area contributed by atoms with E-state index in [1.807, 2.05) is 6.07 Å². The lowest BCUT2D eigenvalue weighted by atomic mass is 9.95. The number of nitrogens with zero attached hydrogens (tertiary/aromatic N) is 1. The number of ether oxygens (including phenoxy) is 1. The minimum Gasteiger partial charge on any atom is -0.356 e. The van der Waals surface area contributed by atoms with Crippen molar-refractivity contribution in [3.8, 4) is 0 Å². The van der Waals surface area contributed by atoms with E-state index in [0.717, 1.165) is 36.7 Å². The summed E-state index contributed by atoms with van der Waals surface area (Å²) in [7, 11) is 0. The third-order valence-corrected chi connectivity index (χ3v) is 6.47. The van der Waals surface area contributed by atoms with Gasteiger partial charge in [0.25, 0.3) is 5.69 Å². The molecular weight excluding hydrogens is 402 g/mol. The summed E-state index contributed by atoms with van der Waals surface area (Å²) in [4.78, 5) is 22.1. The van der Waals surface area contributed by atoms with Gasteiger partial charge in [-0.25, -0.2) is 0 Å². The number of epoxide rings is 1. The Kier molecular flexibility index (Phi) is 8.98. The Bertz CT molecular complexity index is 924. The molecule has 0 aromatic heterocycles. The number of hydrogen-bond donors (Lipinski definition) is 0. The number of nitro groups is 1. The molecule has 2 atom stereocenters. The summed E-state index contributed by atoms with van der Waals surface area (Å²) < 4.78 is 5.37. The van der Waals surface area contributed by atoms with E-state index in [4.69, 9.17) is 4.74 Å². The molecule has 0 saturated carbocycles. The van der Waals surface area contributed by atoms with Crippen LogP contribution in [-0.4, -0.2) is 17.3 Å². The first kappa shape index (κ1) is 24.1. The van der Waals surface area contributed by atoms with E-state index in [0.29, 0.717) is 6.42 Å². The minimum atomic E-state index is -0.453. The quantitative estimate of drug-likeness (QED) is 0.108. The zero-order chi connectivity index (χ0) is 22.9. The van der Waals surface area contributed by atoms with Crippen molar-refractivity contribution in [2.75, 3.05) is 0 Å². The van der Waals surface area contributed by atoms with Gasteiger partial charge >= 0.3 is 0 Å². The highest BCUT2D eigenvalue weighted by Gasteiger charge is 2.42. The molecule has 1 aliphatic rings. The fourth-order valence-electron chi connectivity index (χ4n) is 4.58. The van der Waals surface area contributed by atoms with Crippen LogP contribution in [-0.2, 0) is 22.4 Å². The molecule has 0 spiro atoms. The monoisotopic (exact) mass is 437 g/mol. The number of nitro benzene ring substituents is 1. The number of aryl methyl sites for hydroxylation is 3. The van der Waals surface area contributed by atoms with Crippen molar-refractivity contribution in [2.45, 2.75) is 90.3 Å². The number of unbranched alkanes of at least 4 members (excludes halogenated alkanes) is 7. The molecular formula is C27H35NO4. The summed E-state index contributed by atoms with van der Waals surface area (Å²) in [5.41, 5.74) is 5.89. The first-order chi connectivity index (χ1) is 15.5. The predicted octanol–water partition coefficient (Wildman–Crippen LogP) is 6.76. The van der Waals surface area contributed by atoms with Crippen molar-refractivity contribution in [2.24, 2.45) is 0 Å². The van der Waals surface area contributed by atoms with Crippen molar-refractivity contribution in [1.82, 2.24) is 0 Å². The lowest BCUT2D eigenvalue weighted by Gasteiger charge is -2.09. The van der Waals surface area contributed by atoms with E-state index in [1.165, 1.54) is 55.2 Å². The van der Waals surface area contributed by atoms with Crippen LogP contribution < -0.4 is 0 Å². The normalized spacial score (nSPS) is 17.3. The molecule has 1 fully saturated rings. The summed E-state index contributed by atoms with van der Waals surface area (Å²) in [5.74, 6) is 0. The van der Waals surface area contributed by atoms with Crippen LogP contribution in [0.2, 0.25) is 0 Å². The van der Waals surface area contributed by atoms with Gasteiger partial charge in [-0.3, -0.25) is 10.1 Å². The van der Waals surface area contributed by atoms with Gasteiger partial charge in [-0.15, -0.1) is 0 Å². The van der Waals surface area contributed by atoms with Crippen LogP contribution in [0.15, 0.2) is 36.4 Å². The fourth-order valence-corrected chi connectivity index (χ4v) is 4.58. The third-order valence-electron chi connectivity index (χ3n) is 6.47. The predicted molar refractivity (Wildman–Crippen MR) is 127 cm³/mol. The van der Waals surface area contributed by atoms with E-state index in [9.17, 15) is 14.9 Å². The minimum absolute atomic E-state index is 0.145. The molecule has 1 saturated heterocycles. The molecule has 32 heavy (non-hydrogen) atoms. The molecule has 0 radical (unpaired) electrons. The van der Waals surface area contributed by atoms with Crippen LogP contribution in [0.25, 0.3) is 0 Å². The summed E-state index contributed by atoms with van der Waals surface area (Å²) in [6, 6.07) is 11.8. The van der Waals surface area contributed by atoms with Crippen LogP contribution in [0.1, 0.15) is 85.3 Å². The SMILES string of the molecule is Cc1ccc(CCCCCCCCCCc2c(C3OC3C=O)cccc2[N+](=O)[O-])c(C)c1. The zero-order valence-corrected chi connectivity index (χ0v) is 19.3. The van der Waals surface area contributed by atoms with Gasteiger partial charge in [0, 0.05) is 11.6 Å². The molecule has 0 N–H and O–H groups in total. The van der Waals surface area contributed by atoms with Crippen molar-refractivity contribution < 1.29 is 14.5 Å². The average Bonchev–Trinajstić information content (AvgIpc) is 3.56. The van der Waals surface area contributed by atoms with Crippen molar-refractivity contribution in [3.63, 3.8) is 0 Å². The molecule has 3 rings (SSSR count). The maximum atomic E-state index is 11.4. The molecule has 172 valence electrons. The Morgan fingerprint density at radius 3 is 2.19 bits per heavy atom. The molecule has 0 aliphatic carbocycles. The zero-order valence-electron chi connectivity index (χ0n) is 19.3. The molecule has 2 aromatic rings. The van der Waals surface area contributed by atoms with Crippen LogP contribution in [0.3, 0.4) is 0 Å². The Balaban J connectivity index is 1.32. The highest BCUT2D eigenvalue weighted by atomic mass is 16.6. The highest BCUT2D eigenvalue weighted by molar-refractivity contribution is 5.63. The molecule has 2 unspecified atom stereocenters. The lowest BCUT2D eigenvalue weighted by Crippen LogP contribution is -2.02. The summed E-state index contributed by atoms with van der Waals surface area (Å²) >= 11 is 0. The second-order valence-corrected chi connectivity index (χ2v) is 9.02. The Morgan fingerprint density at radius 1 is 0.938 bits per heavy atom. The number of carbonyl (C=O) groups excluding carboxylic acids is 1. The van der Waals surface area contributed by atoms with Crippen LogP contribution in [0, 0.1) is 24.0 Å². The van der Waals surface area contributed by atoms with Crippen LogP contribution in [0.5, 0.6) is 0 Å². The van der Waals surface area contributed by atoms with E-state index >= 15 is 0 Å². The number of aldehydes is 1. The second-order valence-electron chi connectivity index (χ2n) is 9.02. The Morgan fingerprint density at radius 2 is 1.59 bits per heavy atom. The van der Waals surface area contributed by atoms with E-state index in [2.05, 4.69) is 32.0 Å². The first-order valence-corrected chi connectivity index (χ1v) is 11.9. The Labute approximate surface area is 191 Å². The van der Waals surface area contributed by atoms with Crippen LogP contribution >= 0.6 is 0 Å². The molecule has 1 heterocycles. The van der Waals surface area contributed by atoms with Gasteiger partial charge in [-0.05, 0) is 56.2 Å². The largest absolute Gasteiger partial charge is 0.356 e. The third kappa shape index (κ3) is 6.73. The molecule has 0 amide bonds. The molecule has 2 aromatic carbocycles. The number of carbonyl (C=O) groups is 1.